The molecule has 6 heteroatoms. The van der Waals surface area contributed by atoms with Crippen LogP contribution in [-0.2, 0) is 6.42 Å². The second-order valence-corrected chi connectivity index (χ2v) is 4.91. The highest BCUT2D eigenvalue weighted by atomic mass is 35.5. The lowest BCUT2D eigenvalue weighted by atomic mass is 9.98. The normalized spacial score (nSPS) is 12.2. The monoisotopic (exact) mass is 312 g/mol. The van der Waals surface area contributed by atoms with Gasteiger partial charge in [-0.1, -0.05) is 35.9 Å². The van der Waals surface area contributed by atoms with E-state index in [1.807, 2.05) is 0 Å². The third kappa shape index (κ3) is 3.32. The number of rotatable bonds is 5. The summed E-state index contributed by atoms with van der Waals surface area (Å²) in [4.78, 5) is 0. The van der Waals surface area contributed by atoms with Crippen LogP contribution in [0.1, 0.15) is 17.2 Å². The number of hydrogen-bond acceptors (Lipinski definition) is 3. The molecule has 2 aromatic rings. The Labute approximate surface area is 126 Å². The summed E-state index contributed by atoms with van der Waals surface area (Å²) in [6.45, 7) is 0. The molecule has 0 aliphatic carbocycles. The summed E-state index contributed by atoms with van der Waals surface area (Å²) in [5.41, 5.74) is 3.15. The van der Waals surface area contributed by atoms with E-state index >= 15 is 0 Å². The molecule has 1 unspecified atom stereocenters. The molecule has 2 aromatic carbocycles. The predicted molar refractivity (Wildman–Crippen MR) is 78.1 cm³/mol. The van der Waals surface area contributed by atoms with Gasteiger partial charge in [0.05, 0.1) is 18.2 Å². The Morgan fingerprint density at radius 2 is 1.90 bits per heavy atom. The van der Waals surface area contributed by atoms with Crippen LogP contribution in [0.4, 0.5) is 8.78 Å². The zero-order valence-electron chi connectivity index (χ0n) is 11.4. The van der Waals surface area contributed by atoms with Crippen LogP contribution >= 0.6 is 11.6 Å². The molecule has 0 spiro atoms. The van der Waals surface area contributed by atoms with Crippen molar-refractivity contribution >= 4 is 11.6 Å². The van der Waals surface area contributed by atoms with Crippen LogP contribution < -0.4 is 16.0 Å². The molecule has 0 amide bonds. The number of ether oxygens (including phenoxy) is 1. The highest BCUT2D eigenvalue weighted by molar-refractivity contribution is 6.30. The SMILES string of the molecule is COc1cccc(CC(NN)c2cccc(Cl)c2F)c1F. The summed E-state index contributed by atoms with van der Waals surface area (Å²) in [5, 5.41) is -0.00105. The number of halogens is 3. The number of hydrogen-bond donors (Lipinski definition) is 2. The van der Waals surface area contributed by atoms with Crippen LogP contribution in [0.15, 0.2) is 36.4 Å². The third-order valence-corrected chi connectivity index (χ3v) is 3.54. The van der Waals surface area contributed by atoms with E-state index < -0.39 is 17.7 Å². The van der Waals surface area contributed by atoms with Gasteiger partial charge in [0, 0.05) is 5.56 Å². The molecule has 112 valence electrons. The molecule has 1 atom stereocenters. The Kier molecular flexibility index (Phi) is 5.12. The summed E-state index contributed by atoms with van der Waals surface area (Å²) >= 11 is 5.76. The van der Waals surface area contributed by atoms with Crippen molar-refractivity contribution in [1.82, 2.24) is 5.43 Å². The van der Waals surface area contributed by atoms with E-state index in [1.165, 1.54) is 19.2 Å². The Morgan fingerprint density at radius 3 is 2.57 bits per heavy atom. The number of methoxy groups -OCH3 is 1. The lowest BCUT2D eigenvalue weighted by Gasteiger charge is -2.18. The minimum atomic E-state index is -0.606. The van der Waals surface area contributed by atoms with Crippen LogP contribution in [0.3, 0.4) is 0 Å². The highest BCUT2D eigenvalue weighted by Crippen LogP contribution is 2.28. The molecular formula is C15H15ClF2N2O. The van der Waals surface area contributed by atoms with Crippen molar-refractivity contribution in [2.45, 2.75) is 12.5 Å². The molecule has 3 nitrogen and oxygen atoms in total. The zero-order chi connectivity index (χ0) is 15.4. The first-order valence-electron chi connectivity index (χ1n) is 6.30. The maximum atomic E-state index is 14.2. The van der Waals surface area contributed by atoms with Gasteiger partial charge in [0.1, 0.15) is 5.82 Å². The number of hydrazine groups is 1. The predicted octanol–water partition coefficient (Wildman–Crippen LogP) is 3.37. The minimum absolute atomic E-state index is 0.00105. The summed E-state index contributed by atoms with van der Waals surface area (Å²) in [5.74, 6) is 4.56. The second kappa shape index (κ2) is 6.85. The quantitative estimate of drug-likeness (QED) is 0.657. The fourth-order valence-corrected chi connectivity index (χ4v) is 2.32. The molecule has 0 heterocycles. The Hall–Kier alpha value is -1.69. The van der Waals surface area contributed by atoms with Crippen LogP contribution in [0.5, 0.6) is 5.75 Å². The van der Waals surface area contributed by atoms with Crippen molar-refractivity contribution in [3.05, 3.63) is 64.2 Å². The fraction of sp³-hybridized carbons (Fsp3) is 0.200. The van der Waals surface area contributed by atoms with E-state index in [2.05, 4.69) is 5.43 Å². The first-order valence-corrected chi connectivity index (χ1v) is 6.67. The van der Waals surface area contributed by atoms with Gasteiger partial charge in [-0.25, -0.2) is 8.78 Å². The third-order valence-electron chi connectivity index (χ3n) is 3.25. The summed E-state index contributed by atoms with van der Waals surface area (Å²) in [7, 11) is 1.39. The van der Waals surface area contributed by atoms with Gasteiger partial charge < -0.3 is 4.74 Å². The Bertz CT molecular complexity index is 637. The number of nitrogens with two attached hydrogens (primary N) is 1. The Balaban J connectivity index is 2.34. The van der Waals surface area contributed by atoms with E-state index in [-0.39, 0.29) is 22.8 Å². The highest BCUT2D eigenvalue weighted by Gasteiger charge is 2.19. The van der Waals surface area contributed by atoms with Crippen molar-refractivity contribution in [3.8, 4) is 5.75 Å². The molecule has 21 heavy (non-hydrogen) atoms. The minimum Gasteiger partial charge on any atom is -0.494 e. The van der Waals surface area contributed by atoms with Crippen LogP contribution in [0.25, 0.3) is 0 Å². The van der Waals surface area contributed by atoms with E-state index in [1.54, 1.807) is 24.3 Å². The lowest BCUT2D eigenvalue weighted by molar-refractivity contribution is 0.382. The number of benzene rings is 2. The zero-order valence-corrected chi connectivity index (χ0v) is 12.1. The molecule has 0 aliphatic rings. The summed E-state index contributed by atoms with van der Waals surface area (Å²) < 4.78 is 33.1. The average molecular weight is 313 g/mol. The lowest BCUT2D eigenvalue weighted by Crippen LogP contribution is -2.30. The molecule has 0 saturated carbocycles. The van der Waals surface area contributed by atoms with Gasteiger partial charge in [-0.05, 0) is 24.1 Å². The molecule has 0 bridgehead atoms. The summed E-state index contributed by atoms with van der Waals surface area (Å²) in [6, 6.07) is 8.80. The topological polar surface area (TPSA) is 47.3 Å². The fourth-order valence-electron chi connectivity index (χ4n) is 2.14. The van der Waals surface area contributed by atoms with Crippen molar-refractivity contribution in [3.63, 3.8) is 0 Å². The number of nitrogens with one attached hydrogen (secondary N) is 1. The molecular weight excluding hydrogens is 298 g/mol. The molecule has 0 saturated heterocycles. The maximum absolute atomic E-state index is 14.2. The van der Waals surface area contributed by atoms with Crippen molar-refractivity contribution in [1.29, 1.82) is 0 Å². The van der Waals surface area contributed by atoms with Crippen LogP contribution in [0, 0.1) is 11.6 Å². The van der Waals surface area contributed by atoms with E-state index in [0.717, 1.165) is 0 Å². The molecule has 3 N–H and O–H groups in total. The van der Waals surface area contributed by atoms with Gasteiger partial charge in [0.2, 0.25) is 0 Å². The molecule has 2 rings (SSSR count). The largest absolute Gasteiger partial charge is 0.494 e. The second-order valence-electron chi connectivity index (χ2n) is 4.50. The van der Waals surface area contributed by atoms with Crippen LogP contribution in [-0.4, -0.2) is 7.11 Å². The summed E-state index contributed by atoms with van der Waals surface area (Å²) in [6.07, 6.45) is 0.163. The van der Waals surface area contributed by atoms with Crippen molar-refractivity contribution < 1.29 is 13.5 Å². The van der Waals surface area contributed by atoms with Gasteiger partial charge in [0.25, 0.3) is 0 Å². The van der Waals surface area contributed by atoms with Gasteiger partial charge in [-0.15, -0.1) is 0 Å². The van der Waals surface area contributed by atoms with E-state index in [0.29, 0.717) is 5.56 Å². The maximum Gasteiger partial charge on any atom is 0.168 e. The van der Waals surface area contributed by atoms with Crippen molar-refractivity contribution in [2.24, 2.45) is 5.84 Å². The molecule has 0 radical (unpaired) electrons. The van der Waals surface area contributed by atoms with Gasteiger partial charge in [0.15, 0.2) is 11.6 Å². The van der Waals surface area contributed by atoms with Crippen molar-refractivity contribution in [2.75, 3.05) is 7.11 Å². The van der Waals surface area contributed by atoms with Gasteiger partial charge in [-0.3, -0.25) is 11.3 Å². The van der Waals surface area contributed by atoms with E-state index in [9.17, 15) is 8.78 Å². The van der Waals surface area contributed by atoms with E-state index in [4.69, 9.17) is 22.2 Å². The van der Waals surface area contributed by atoms with Crippen LogP contribution in [0.2, 0.25) is 5.02 Å². The standard InChI is InChI=1S/C15H15ClF2N2O/c1-21-13-7-2-4-9(14(13)17)8-12(20-19)10-5-3-6-11(16)15(10)18/h2-7,12,20H,8,19H2,1H3. The molecule has 0 aliphatic heterocycles. The molecule has 0 fully saturated rings. The molecule has 0 aromatic heterocycles. The van der Waals surface area contributed by atoms with Gasteiger partial charge in [-0.2, -0.15) is 0 Å². The first kappa shape index (κ1) is 15.7. The first-order chi connectivity index (χ1) is 10.1. The Morgan fingerprint density at radius 1 is 1.19 bits per heavy atom. The van der Waals surface area contributed by atoms with Gasteiger partial charge >= 0.3 is 0 Å². The average Bonchev–Trinajstić information content (AvgIpc) is 2.49. The smallest absolute Gasteiger partial charge is 0.168 e.